The molecule has 49 heavy (non-hydrogen) atoms. The molecule has 3 aromatic rings. The summed E-state index contributed by atoms with van der Waals surface area (Å²) in [5, 5.41) is 19.9. The number of nitrogens with two attached hydrogens (primary N) is 1. The Balaban J connectivity index is 1.66. The number of sulfonamides is 1. The SMILES string of the molecule is CC(C)C[C@H](NC(=O)c1cccc(N(C)S(=O)(=O)Cc2ccccc2N)c1)[C@@H](O)C[C@@H](C)C(=O)N[C@H](C(=O)NCc1ccccc1)C(C)C. The maximum absolute atomic E-state index is 13.4. The quantitative estimate of drug-likeness (QED) is 0.132. The van der Waals surface area contributed by atoms with Gasteiger partial charge in [0.1, 0.15) is 6.04 Å². The summed E-state index contributed by atoms with van der Waals surface area (Å²) in [6.45, 7) is 9.63. The molecular weight excluding hydrogens is 643 g/mol. The second-order valence-electron chi connectivity index (χ2n) is 13.3. The molecule has 3 rings (SSSR count). The van der Waals surface area contributed by atoms with E-state index in [1.54, 1.807) is 49.4 Å². The van der Waals surface area contributed by atoms with Crippen LogP contribution in [0.2, 0.25) is 0 Å². The fraction of sp³-hybridized carbons (Fsp3) is 0.432. The topological polar surface area (TPSA) is 171 Å². The van der Waals surface area contributed by atoms with Gasteiger partial charge in [0.05, 0.1) is 23.6 Å². The highest BCUT2D eigenvalue weighted by Gasteiger charge is 2.30. The average Bonchev–Trinajstić information content (AvgIpc) is 3.06. The van der Waals surface area contributed by atoms with Gasteiger partial charge in [-0.2, -0.15) is 0 Å². The number of para-hydroxylation sites is 1. The van der Waals surface area contributed by atoms with Gasteiger partial charge < -0.3 is 26.8 Å². The monoisotopic (exact) mass is 693 g/mol. The highest BCUT2D eigenvalue weighted by molar-refractivity contribution is 7.92. The molecule has 4 atom stereocenters. The normalized spacial score (nSPS) is 14.1. The predicted octanol–water partition coefficient (Wildman–Crippen LogP) is 4.22. The van der Waals surface area contributed by atoms with Crippen molar-refractivity contribution in [3.8, 4) is 0 Å². The second kappa shape index (κ2) is 17.8. The predicted molar refractivity (Wildman–Crippen MR) is 194 cm³/mol. The molecule has 0 aliphatic heterocycles. The summed E-state index contributed by atoms with van der Waals surface area (Å²) < 4.78 is 27.5. The van der Waals surface area contributed by atoms with Gasteiger partial charge in [0.25, 0.3) is 5.91 Å². The van der Waals surface area contributed by atoms with Crippen molar-refractivity contribution in [3.63, 3.8) is 0 Å². The zero-order valence-electron chi connectivity index (χ0n) is 29.2. The number of nitrogens with one attached hydrogen (secondary N) is 3. The number of amides is 3. The number of carbonyl (C=O) groups is 3. The van der Waals surface area contributed by atoms with E-state index in [9.17, 15) is 27.9 Å². The first-order valence-corrected chi connectivity index (χ1v) is 18.2. The molecule has 0 aliphatic carbocycles. The number of anilines is 2. The Morgan fingerprint density at radius 1 is 0.837 bits per heavy atom. The lowest BCUT2D eigenvalue weighted by molar-refractivity contribution is -0.132. The molecule has 3 amide bonds. The van der Waals surface area contributed by atoms with E-state index in [1.807, 2.05) is 58.0 Å². The van der Waals surface area contributed by atoms with E-state index < -0.39 is 40.0 Å². The van der Waals surface area contributed by atoms with E-state index in [1.165, 1.54) is 13.1 Å². The van der Waals surface area contributed by atoms with Crippen LogP contribution in [-0.4, -0.2) is 56.5 Å². The van der Waals surface area contributed by atoms with Gasteiger partial charge in [-0.25, -0.2) is 8.42 Å². The van der Waals surface area contributed by atoms with E-state index in [2.05, 4.69) is 16.0 Å². The summed E-state index contributed by atoms with van der Waals surface area (Å²) in [4.78, 5) is 39.7. The van der Waals surface area contributed by atoms with Crippen molar-refractivity contribution in [2.45, 2.75) is 77.9 Å². The Hall–Kier alpha value is -4.42. The molecule has 3 aromatic carbocycles. The molecule has 266 valence electrons. The molecule has 0 unspecified atom stereocenters. The van der Waals surface area contributed by atoms with Gasteiger partial charge in [0.2, 0.25) is 21.8 Å². The lowest BCUT2D eigenvalue weighted by atomic mass is 9.91. The molecular formula is C37H51N5O6S. The fourth-order valence-corrected chi connectivity index (χ4v) is 6.68. The number of hydrogen-bond acceptors (Lipinski definition) is 7. The average molecular weight is 694 g/mol. The van der Waals surface area contributed by atoms with Gasteiger partial charge >= 0.3 is 0 Å². The minimum Gasteiger partial charge on any atom is -0.398 e. The number of benzene rings is 3. The molecule has 0 saturated carbocycles. The molecule has 11 nitrogen and oxygen atoms in total. The first-order chi connectivity index (χ1) is 23.1. The summed E-state index contributed by atoms with van der Waals surface area (Å²) in [5.41, 5.74) is 8.26. The molecule has 0 aromatic heterocycles. The Bertz CT molecular complexity index is 1660. The largest absolute Gasteiger partial charge is 0.398 e. The Morgan fingerprint density at radius 2 is 1.49 bits per heavy atom. The Kier molecular flexibility index (Phi) is 14.2. The summed E-state index contributed by atoms with van der Waals surface area (Å²) in [7, 11) is -2.41. The van der Waals surface area contributed by atoms with E-state index in [0.717, 1.165) is 9.87 Å². The van der Waals surface area contributed by atoms with Gasteiger partial charge in [0, 0.05) is 30.8 Å². The first-order valence-electron chi connectivity index (χ1n) is 16.6. The Morgan fingerprint density at radius 3 is 2.12 bits per heavy atom. The van der Waals surface area contributed by atoms with Crippen LogP contribution in [-0.2, 0) is 31.9 Å². The van der Waals surface area contributed by atoms with Crippen LogP contribution in [0.1, 0.15) is 68.9 Å². The van der Waals surface area contributed by atoms with Gasteiger partial charge in [0.15, 0.2) is 0 Å². The summed E-state index contributed by atoms with van der Waals surface area (Å²) in [5.74, 6) is -2.20. The van der Waals surface area contributed by atoms with Crippen molar-refractivity contribution in [1.29, 1.82) is 0 Å². The lowest BCUT2D eigenvalue weighted by Gasteiger charge is -2.29. The third kappa shape index (κ3) is 11.6. The number of hydrogen-bond donors (Lipinski definition) is 5. The summed E-state index contributed by atoms with van der Waals surface area (Å²) >= 11 is 0. The van der Waals surface area contributed by atoms with Crippen molar-refractivity contribution in [2.75, 3.05) is 17.1 Å². The van der Waals surface area contributed by atoms with Crippen LogP contribution in [0.5, 0.6) is 0 Å². The maximum atomic E-state index is 13.4. The van der Waals surface area contributed by atoms with Gasteiger partial charge in [-0.1, -0.05) is 89.2 Å². The van der Waals surface area contributed by atoms with Gasteiger partial charge in [-0.05, 0) is 60.1 Å². The Labute approximate surface area is 290 Å². The van der Waals surface area contributed by atoms with E-state index in [0.29, 0.717) is 29.9 Å². The number of rotatable bonds is 17. The van der Waals surface area contributed by atoms with E-state index in [-0.39, 0.29) is 41.4 Å². The van der Waals surface area contributed by atoms with Crippen molar-refractivity contribution in [3.05, 3.63) is 95.6 Å². The number of nitrogens with zero attached hydrogens (tertiary/aromatic N) is 1. The molecule has 0 spiro atoms. The summed E-state index contributed by atoms with van der Waals surface area (Å²) in [6.07, 6.45) is -0.590. The summed E-state index contributed by atoms with van der Waals surface area (Å²) in [6, 6.07) is 21.0. The first kappa shape index (κ1) is 39.0. The molecule has 12 heteroatoms. The van der Waals surface area contributed by atoms with Crippen LogP contribution in [0.3, 0.4) is 0 Å². The number of nitrogen functional groups attached to an aromatic ring is 1. The molecule has 0 bridgehead atoms. The number of carbonyl (C=O) groups excluding carboxylic acids is 3. The minimum absolute atomic E-state index is 0.0452. The van der Waals surface area contributed by atoms with Crippen LogP contribution in [0.15, 0.2) is 78.9 Å². The molecule has 0 saturated heterocycles. The lowest BCUT2D eigenvalue weighted by Crippen LogP contribution is -2.51. The van der Waals surface area contributed by atoms with Gasteiger partial charge in [-0.3, -0.25) is 18.7 Å². The van der Waals surface area contributed by atoms with Crippen LogP contribution in [0, 0.1) is 17.8 Å². The fourth-order valence-electron chi connectivity index (χ4n) is 5.39. The number of aliphatic hydroxyl groups is 1. The van der Waals surface area contributed by atoms with E-state index >= 15 is 0 Å². The van der Waals surface area contributed by atoms with Crippen LogP contribution in [0.4, 0.5) is 11.4 Å². The highest BCUT2D eigenvalue weighted by atomic mass is 32.2. The standard InChI is InChI=1S/C37H51N5O6S/c1-24(2)19-32(33(43)20-26(5)35(44)41-34(25(3)4)37(46)39-22-27-13-8-7-9-14-27)40-36(45)28-16-12-17-30(21-28)42(6)49(47,48)23-29-15-10-11-18-31(29)38/h7-18,21,24-26,32-34,43H,19-20,22-23,38H2,1-6H3,(H,39,46)(H,40,45)(H,41,44)/t26-,32+,33+,34+/m1/s1. The highest BCUT2D eigenvalue weighted by Crippen LogP contribution is 2.23. The van der Waals surface area contributed by atoms with Crippen molar-refractivity contribution >= 4 is 39.1 Å². The van der Waals surface area contributed by atoms with Crippen molar-refractivity contribution in [1.82, 2.24) is 16.0 Å². The molecule has 0 aliphatic rings. The second-order valence-corrected chi connectivity index (χ2v) is 15.3. The third-order valence-electron chi connectivity index (χ3n) is 8.39. The third-order valence-corrected chi connectivity index (χ3v) is 10.1. The number of aliphatic hydroxyl groups excluding tert-OH is 1. The van der Waals surface area contributed by atoms with Gasteiger partial charge in [-0.15, -0.1) is 0 Å². The molecule has 0 radical (unpaired) electrons. The molecule has 6 N–H and O–H groups in total. The maximum Gasteiger partial charge on any atom is 0.251 e. The van der Waals surface area contributed by atoms with Crippen molar-refractivity contribution < 1.29 is 27.9 Å². The minimum atomic E-state index is -3.82. The van der Waals surface area contributed by atoms with E-state index in [4.69, 9.17) is 5.73 Å². The zero-order chi connectivity index (χ0) is 36.3. The van der Waals surface area contributed by atoms with Crippen molar-refractivity contribution in [2.24, 2.45) is 17.8 Å². The van der Waals surface area contributed by atoms with Crippen LogP contribution < -0.4 is 26.0 Å². The van der Waals surface area contributed by atoms with Crippen LogP contribution >= 0.6 is 0 Å². The zero-order valence-corrected chi connectivity index (χ0v) is 30.0. The smallest absolute Gasteiger partial charge is 0.251 e. The van der Waals surface area contributed by atoms with Crippen LogP contribution in [0.25, 0.3) is 0 Å². The molecule has 0 fully saturated rings. The molecule has 0 heterocycles.